The monoisotopic (exact) mass is 301 g/mol. The molecule has 7 nitrogen and oxygen atoms in total. The van der Waals surface area contributed by atoms with Gasteiger partial charge >= 0.3 is 12.0 Å². The molecule has 0 heterocycles. The van der Waals surface area contributed by atoms with Crippen molar-refractivity contribution in [2.45, 2.75) is 46.1 Å². The Morgan fingerprint density at radius 1 is 1.14 bits per heavy atom. The molecule has 0 bridgehead atoms. The lowest BCUT2D eigenvalue weighted by molar-refractivity contribution is -0.137. The Balaban J connectivity index is 4.44. The minimum atomic E-state index is -0.901. The number of amides is 3. The average molecular weight is 301 g/mol. The van der Waals surface area contributed by atoms with Crippen LogP contribution in [-0.2, 0) is 9.59 Å². The number of carboxylic acid groups (broad SMARTS) is 1. The molecule has 0 aliphatic rings. The highest BCUT2D eigenvalue weighted by Gasteiger charge is 2.24. The van der Waals surface area contributed by atoms with Crippen molar-refractivity contribution in [1.82, 2.24) is 15.1 Å². The molecule has 122 valence electrons. The van der Waals surface area contributed by atoms with Gasteiger partial charge in [0, 0.05) is 32.1 Å². The highest BCUT2D eigenvalue weighted by atomic mass is 16.4. The van der Waals surface area contributed by atoms with Crippen LogP contribution in [-0.4, -0.2) is 65.0 Å². The summed E-state index contributed by atoms with van der Waals surface area (Å²) in [6.07, 6.45) is 0.307. The first-order valence-corrected chi connectivity index (χ1v) is 7.15. The van der Waals surface area contributed by atoms with Crippen LogP contribution in [0, 0.1) is 0 Å². The van der Waals surface area contributed by atoms with Gasteiger partial charge in [0.15, 0.2) is 0 Å². The number of carbonyl (C=O) groups is 3. The lowest BCUT2D eigenvalue weighted by atomic mass is 9.99. The second kappa shape index (κ2) is 8.49. The first kappa shape index (κ1) is 19.2. The Labute approximate surface area is 126 Å². The predicted molar refractivity (Wildman–Crippen MR) is 80.0 cm³/mol. The summed E-state index contributed by atoms with van der Waals surface area (Å²) in [5.41, 5.74) is -0.637. The lowest BCUT2D eigenvalue weighted by Gasteiger charge is -2.29. The van der Waals surface area contributed by atoms with E-state index in [4.69, 9.17) is 5.11 Å². The Bertz CT molecular complexity index is 378. The second-order valence-electron chi connectivity index (χ2n) is 5.63. The zero-order valence-corrected chi connectivity index (χ0v) is 13.6. The number of hydrogen-bond acceptors (Lipinski definition) is 3. The average Bonchev–Trinajstić information content (AvgIpc) is 2.37. The number of aliphatic carboxylic acids is 1. The van der Waals surface area contributed by atoms with Gasteiger partial charge in [-0.15, -0.1) is 0 Å². The molecule has 0 aromatic carbocycles. The number of carboxylic acids is 1. The van der Waals surface area contributed by atoms with Crippen molar-refractivity contribution < 1.29 is 19.5 Å². The number of carbonyl (C=O) groups excluding carboxylic acids is 2. The zero-order chi connectivity index (χ0) is 16.6. The van der Waals surface area contributed by atoms with E-state index in [1.165, 1.54) is 4.90 Å². The third-order valence-electron chi connectivity index (χ3n) is 3.24. The van der Waals surface area contributed by atoms with Crippen LogP contribution >= 0.6 is 0 Å². The molecule has 0 saturated carbocycles. The summed E-state index contributed by atoms with van der Waals surface area (Å²) in [7, 11) is 1.55. The quantitative estimate of drug-likeness (QED) is 0.703. The zero-order valence-electron chi connectivity index (χ0n) is 13.6. The number of rotatable bonds is 8. The van der Waals surface area contributed by atoms with E-state index < -0.39 is 11.5 Å². The minimum Gasteiger partial charge on any atom is -0.481 e. The molecule has 0 aliphatic heterocycles. The second-order valence-corrected chi connectivity index (χ2v) is 5.63. The van der Waals surface area contributed by atoms with Crippen LogP contribution in [0.5, 0.6) is 0 Å². The van der Waals surface area contributed by atoms with E-state index in [0.29, 0.717) is 19.5 Å². The van der Waals surface area contributed by atoms with E-state index in [9.17, 15) is 14.4 Å². The Kier molecular flexibility index (Phi) is 7.76. The molecule has 0 rings (SSSR count). The van der Waals surface area contributed by atoms with Crippen LogP contribution in [0.3, 0.4) is 0 Å². The number of urea groups is 1. The van der Waals surface area contributed by atoms with Gasteiger partial charge in [0.05, 0.1) is 0 Å². The van der Waals surface area contributed by atoms with Gasteiger partial charge in [0.2, 0.25) is 5.91 Å². The molecule has 0 aromatic heterocycles. The molecule has 0 aromatic rings. The summed E-state index contributed by atoms with van der Waals surface area (Å²) < 4.78 is 0. The van der Waals surface area contributed by atoms with Crippen molar-refractivity contribution in [3.8, 4) is 0 Å². The molecular weight excluding hydrogens is 274 g/mol. The smallest absolute Gasteiger partial charge is 0.318 e. The van der Waals surface area contributed by atoms with Gasteiger partial charge in [-0.3, -0.25) is 9.59 Å². The van der Waals surface area contributed by atoms with Crippen LogP contribution in [0.4, 0.5) is 4.79 Å². The third kappa shape index (κ3) is 7.53. The van der Waals surface area contributed by atoms with Gasteiger partial charge in [-0.2, -0.15) is 0 Å². The van der Waals surface area contributed by atoms with E-state index in [-0.39, 0.29) is 24.9 Å². The molecule has 0 radical (unpaired) electrons. The van der Waals surface area contributed by atoms with Crippen molar-refractivity contribution >= 4 is 17.9 Å². The SMILES string of the molecule is CCN(CC)C(=O)CN(C)C(=O)NC(C)(C)CCC(=O)O. The Hall–Kier alpha value is -1.79. The Morgan fingerprint density at radius 3 is 2.10 bits per heavy atom. The fourth-order valence-electron chi connectivity index (χ4n) is 1.82. The number of hydrogen-bond donors (Lipinski definition) is 2. The molecule has 21 heavy (non-hydrogen) atoms. The van der Waals surface area contributed by atoms with Gasteiger partial charge in [-0.25, -0.2) is 4.79 Å². The Morgan fingerprint density at radius 2 is 1.67 bits per heavy atom. The van der Waals surface area contributed by atoms with E-state index in [1.54, 1.807) is 25.8 Å². The topological polar surface area (TPSA) is 90.0 Å². The maximum absolute atomic E-state index is 12.0. The number of nitrogens with zero attached hydrogens (tertiary/aromatic N) is 2. The first-order chi connectivity index (χ1) is 9.62. The fraction of sp³-hybridized carbons (Fsp3) is 0.786. The molecule has 0 atom stereocenters. The number of nitrogens with one attached hydrogen (secondary N) is 1. The molecule has 0 fully saturated rings. The fourth-order valence-corrected chi connectivity index (χ4v) is 1.82. The third-order valence-corrected chi connectivity index (χ3v) is 3.24. The number of likely N-dealkylation sites (N-methyl/N-ethyl adjacent to an activating group) is 2. The van der Waals surface area contributed by atoms with Crippen LogP contribution in [0.1, 0.15) is 40.5 Å². The lowest BCUT2D eigenvalue weighted by Crippen LogP contribution is -2.51. The van der Waals surface area contributed by atoms with Gasteiger partial charge in [0.1, 0.15) is 6.54 Å². The van der Waals surface area contributed by atoms with Crippen molar-refractivity contribution in [2.24, 2.45) is 0 Å². The summed E-state index contributed by atoms with van der Waals surface area (Å²) in [6, 6.07) is -0.383. The summed E-state index contributed by atoms with van der Waals surface area (Å²) in [6.45, 7) is 8.50. The molecule has 2 N–H and O–H groups in total. The molecule has 7 heteroatoms. The summed E-state index contributed by atoms with van der Waals surface area (Å²) >= 11 is 0. The molecule has 0 spiro atoms. The summed E-state index contributed by atoms with van der Waals surface area (Å²) in [5, 5.41) is 11.4. The molecule has 0 aliphatic carbocycles. The molecule has 0 saturated heterocycles. The first-order valence-electron chi connectivity index (χ1n) is 7.15. The molecule has 0 unspecified atom stereocenters. The molecular formula is C14H27N3O4. The highest BCUT2D eigenvalue weighted by molar-refractivity contribution is 5.84. The van der Waals surface area contributed by atoms with Crippen LogP contribution in [0.15, 0.2) is 0 Å². The van der Waals surface area contributed by atoms with Crippen LogP contribution in [0.25, 0.3) is 0 Å². The maximum Gasteiger partial charge on any atom is 0.318 e. The predicted octanol–water partition coefficient (Wildman–Crippen LogP) is 1.14. The summed E-state index contributed by atoms with van der Waals surface area (Å²) in [5.74, 6) is -1.01. The van der Waals surface area contributed by atoms with Crippen LogP contribution < -0.4 is 5.32 Å². The molecule has 3 amide bonds. The van der Waals surface area contributed by atoms with Gasteiger partial charge < -0.3 is 20.2 Å². The van der Waals surface area contributed by atoms with E-state index in [1.807, 2.05) is 13.8 Å². The van der Waals surface area contributed by atoms with E-state index in [2.05, 4.69) is 5.32 Å². The van der Waals surface area contributed by atoms with Gasteiger partial charge in [-0.1, -0.05) is 0 Å². The van der Waals surface area contributed by atoms with Gasteiger partial charge in [-0.05, 0) is 34.1 Å². The van der Waals surface area contributed by atoms with Gasteiger partial charge in [0.25, 0.3) is 0 Å². The largest absolute Gasteiger partial charge is 0.481 e. The highest BCUT2D eigenvalue weighted by Crippen LogP contribution is 2.11. The van der Waals surface area contributed by atoms with E-state index in [0.717, 1.165) is 0 Å². The van der Waals surface area contributed by atoms with Crippen molar-refractivity contribution in [1.29, 1.82) is 0 Å². The van der Waals surface area contributed by atoms with E-state index >= 15 is 0 Å². The standard InChI is InChI=1S/C14H27N3O4/c1-6-17(7-2)11(18)10-16(5)13(21)15-14(3,4)9-8-12(19)20/h6-10H2,1-5H3,(H,15,21)(H,19,20). The van der Waals surface area contributed by atoms with Crippen molar-refractivity contribution in [3.05, 3.63) is 0 Å². The normalized spacial score (nSPS) is 10.9. The van der Waals surface area contributed by atoms with Crippen molar-refractivity contribution in [3.63, 3.8) is 0 Å². The van der Waals surface area contributed by atoms with Crippen molar-refractivity contribution in [2.75, 3.05) is 26.7 Å². The maximum atomic E-state index is 12.0. The van der Waals surface area contributed by atoms with Crippen LogP contribution in [0.2, 0.25) is 0 Å². The summed E-state index contributed by atoms with van der Waals surface area (Å²) in [4.78, 5) is 37.5. The minimum absolute atomic E-state index is 0.00250.